The van der Waals surface area contributed by atoms with Gasteiger partial charge in [-0.2, -0.15) is 10.4 Å². The lowest BCUT2D eigenvalue weighted by atomic mass is 10.1. The fraction of sp³-hybridized carbons (Fsp3) is 0.259. The van der Waals surface area contributed by atoms with Crippen LogP contribution in [-0.4, -0.2) is 46.4 Å². The van der Waals surface area contributed by atoms with E-state index in [2.05, 4.69) is 51.4 Å². The van der Waals surface area contributed by atoms with Crippen LogP contribution in [0.15, 0.2) is 54.7 Å². The number of aromatic nitrogens is 3. The Balaban J connectivity index is 1.43. The van der Waals surface area contributed by atoms with Crippen molar-refractivity contribution < 1.29 is 9.53 Å². The van der Waals surface area contributed by atoms with Crippen LogP contribution >= 0.6 is 0 Å². The van der Waals surface area contributed by atoms with Crippen LogP contribution in [0.4, 0.5) is 11.4 Å². The number of hydrogen-bond acceptors (Lipinski definition) is 6. The first-order chi connectivity index (χ1) is 16.9. The molecular formula is C27H26N6O2. The molecule has 2 aromatic carbocycles. The minimum atomic E-state index is -0.325. The van der Waals surface area contributed by atoms with Gasteiger partial charge in [0.15, 0.2) is 0 Å². The molecule has 176 valence electrons. The van der Waals surface area contributed by atoms with E-state index in [4.69, 9.17) is 10.00 Å². The summed E-state index contributed by atoms with van der Waals surface area (Å²) in [7, 11) is 0. The predicted molar refractivity (Wildman–Crippen MR) is 135 cm³/mol. The van der Waals surface area contributed by atoms with E-state index >= 15 is 0 Å². The van der Waals surface area contributed by atoms with E-state index in [0.29, 0.717) is 16.8 Å². The summed E-state index contributed by atoms with van der Waals surface area (Å²) in [4.78, 5) is 19.3. The molecule has 8 heteroatoms. The average molecular weight is 467 g/mol. The Morgan fingerprint density at radius 3 is 2.71 bits per heavy atom. The normalized spacial score (nSPS) is 17.8. The molecule has 8 nitrogen and oxygen atoms in total. The molecule has 0 spiro atoms. The molecule has 1 saturated heterocycles. The number of fused-ring (bicyclic) bond motifs is 1. The molecule has 0 aliphatic carbocycles. The molecule has 2 N–H and O–H groups in total. The van der Waals surface area contributed by atoms with Gasteiger partial charge in [-0.1, -0.05) is 12.1 Å². The Bertz CT molecular complexity index is 1440. The molecule has 1 aliphatic heterocycles. The van der Waals surface area contributed by atoms with Crippen LogP contribution in [0.1, 0.15) is 35.5 Å². The van der Waals surface area contributed by atoms with Crippen LogP contribution in [0.25, 0.3) is 22.2 Å². The van der Waals surface area contributed by atoms with Gasteiger partial charge in [0.05, 0.1) is 23.3 Å². The summed E-state index contributed by atoms with van der Waals surface area (Å²) in [5.41, 5.74) is 5.83. The van der Waals surface area contributed by atoms with Crippen molar-refractivity contribution in [3.8, 4) is 17.3 Å². The van der Waals surface area contributed by atoms with Gasteiger partial charge in [0.25, 0.3) is 5.91 Å². The van der Waals surface area contributed by atoms with Crippen molar-refractivity contribution in [2.24, 2.45) is 0 Å². The summed E-state index contributed by atoms with van der Waals surface area (Å²) in [5.74, 6) is -0.325. The third-order valence-corrected chi connectivity index (χ3v) is 6.15. The summed E-state index contributed by atoms with van der Waals surface area (Å²) >= 11 is 0. The first-order valence-electron chi connectivity index (χ1n) is 11.6. The second-order valence-electron chi connectivity index (χ2n) is 9.00. The molecular weight excluding hydrogens is 440 g/mol. The number of morpholine rings is 1. The lowest BCUT2D eigenvalue weighted by molar-refractivity contribution is -0.00521. The first-order valence-corrected chi connectivity index (χ1v) is 11.6. The highest BCUT2D eigenvalue weighted by atomic mass is 16.5. The van der Waals surface area contributed by atoms with Crippen LogP contribution in [0.5, 0.6) is 0 Å². The topological polar surface area (TPSA) is 107 Å². The number of aryl methyl sites for hydroxylation is 1. The highest BCUT2D eigenvalue weighted by molar-refractivity contribution is 6.05. The van der Waals surface area contributed by atoms with Gasteiger partial charge in [-0.05, 0) is 62.7 Å². The summed E-state index contributed by atoms with van der Waals surface area (Å²) in [6.07, 6.45) is 1.76. The molecule has 1 aliphatic rings. The first kappa shape index (κ1) is 22.6. The molecule has 0 saturated carbocycles. The van der Waals surface area contributed by atoms with Gasteiger partial charge < -0.3 is 15.0 Å². The van der Waals surface area contributed by atoms with E-state index < -0.39 is 0 Å². The van der Waals surface area contributed by atoms with Crippen molar-refractivity contribution in [1.29, 1.82) is 5.26 Å². The zero-order chi connectivity index (χ0) is 24.5. The van der Waals surface area contributed by atoms with E-state index in [1.807, 2.05) is 36.4 Å². The number of amides is 1. The smallest absolute Gasteiger partial charge is 0.274 e. The van der Waals surface area contributed by atoms with Crippen LogP contribution in [-0.2, 0) is 4.74 Å². The Labute approximate surface area is 203 Å². The molecule has 1 amide bonds. The highest BCUT2D eigenvalue weighted by Crippen LogP contribution is 2.31. The summed E-state index contributed by atoms with van der Waals surface area (Å²) < 4.78 is 5.88. The van der Waals surface area contributed by atoms with Crippen LogP contribution in [0.2, 0.25) is 0 Å². The van der Waals surface area contributed by atoms with Crippen molar-refractivity contribution >= 4 is 28.2 Å². The zero-order valence-corrected chi connectivity index (χ0v) is 19.9. The molecule has 4 aromatic rings. The summed E-state index contributed by atoms with van der Waals surface area (Å²) in [6.45, 7) is 7.64. The van der Waals surface area contributed by atoms with Crippen molar-refractivity contribution in [2.75, 3.05) is 23.3 Å². The second-order valence-corrected chi connectivity index (χ2v) is 9.00. The van der Waals surface area contributed by atoms with E-state index in [1.54, 1.807) is 13.0 Å². The van der Waals surface area contributed by atoms with Gasteiger partial charge in [0, 0.05) is 41.6 Å². The SMILES string of the molecule is Cc1cc(C#N)cnc1C(=O)Nc1ccc2[nH]nc(-c3cccc(N4C[C@@H](C)O[C@@H](C)C4)c3)c2c1. The standard InChI is InChI=1S/C27H26N6O2/c1-16-9-19(12-28)13-29-25(16)27(34)30-21-7-8-24-23(11-21)26(32-31-24)20-5-4-6-22(10-20)33-14-17(2)35-18(3)15-33/h4-11,13,17-18H,14-15H2,1-3H3,(H,30,34)(H,31,32)/t17-,18+. The van der Waals surface area contributed by atoms with Crippen molar-refractivity contribution in [3.05, 3.63) is 71.5 Å². The molecule has 5 rings (SSSR count). The Kier molecular flexibility index (Phi) is 5.93. The van der Waals surface area contributed by atoms with Crippen LogP contribution in [0.3, 0.4) is 0 Å². The van der Waals surface area contributed by atoms with Crippen molar-refractivity contribution in [3.63, 3.8) is 0 Å². The second kappa shape index (κ2) is 9.20. The number of hydrogen-bond donors (Lipinski definition) is 2. The van der Waals surface area contributed by atoms with Crippen molar-refractivity contribution in [1.82, 2.24) is 15.2 Å². The molecule has 35 heavy (non-hydrogen) atoms. The maximum atomic E-state index is 12.8. The van der Waals surface area contributed by atoms with E-state index in [9.17, 15) is 4.79 Å². The maximum absolute atomic E-state index is 12.8. The molecule has 0 bridgehead atoms. The number of H-pyrrole nitrogens is 1. The number of benzene rings is 2. The van der Waals surface area contributed by atoms with Crippen LogP contribution in [0, 0.1) is 18.3 Å². The molecule has 1 fully saturated rings. The number of anilines is 2. The van der Waals surface area contributed by atoms with Gasteiger partial charge >= 0.3 is 0 Å². The number of ether oxygens (including phenoxy) is 1. The fourth-order valence-corrected chi connectivity index (χ4v) is 4.61. The third kappa shape index (κ3) is 4.59. The Hall–Kier alpha value is -4.22. The minimum absolute atomic E-state index is 0.175. The summed E-state index contributed by atoms with van der Waals surface area (Å²) in [5, 5.41) is 20.5. The van der Waals surface area contributed by atoms with Gasteiger partial charge in [-0.3, -0.25) is 9.89 Å². The molecule has 2 aromatic heterocycles. The molecule has 0 radical (unpaired) electrons. The predicted octanol–water partition coefficient (Wildman–Crippen LogP) is 4.67. The van der Waals surface area contributed by atoms with E-state index in [-0.39, 0.29) is 23.8 Å². The third-order valence-electron chi connectivity index (χ3n) is 6.15. The van der Waals surface area contributed by atoms with Crippen molar-refractivity contribution in [2.45, 2.75) is 33.0 Å². The van der Waals surface area contributed by atoms with Crippen LogP contribution < -0.4 is 10.2 Å². The average Bonchev–Trinajstić information content (AvgIpc) is 3.26. The minimum Gasteiger partial charge on any atom is -0.372 e. The molecule has 2 atom stereocenters. The number of nitrogens with zero attached hydrogens (tertiary/aromatic N) is 4. The van der Waals surface area contributed by atoms with Gasteiger partial charge in [-0.15, -0.1) is 0 Å². The van der Waals surface area contributed by atoms with E-state index in [0.717, 1.165) is 40.9 Å². The number of carbonyl (C=O) groups is 1. The number of nitriles is 1. The number of aromatic amines is 1. The Morgan fingerprint density at radius 1 is 1.17 bits per heavy atom. The van der Waals surface area contributed by atoms with Gasteiger partial charge in [-0.25, -0.2) is 4.98 Å². The highest BCUT2D eigenvalue weighted by Gasteiger charge is 2.23. The lowest BCUT2D eigenvalue weighted by Crippen LogP contribution is -2.45. The van der Waals surface area contributed by atoms with Gasteiger partial charge in [0.1, 0.15) is 17.5 Å². The number of pyridine rings is 1. The van der Waals surface area contributed by atoms with E-state index in [1.165, 1.54) is 6.20 Å². The fourth-order valence-electron chi connectivity index (χ4n) is 4.61. The number of rotatable bonds is 4. The lowest BCUT2D eigenvalue weighted by Gasteiger charge is -2.37. The summed E-state index contributed by atoms with van der Waals surface area (Å²) in [6, 6.07) is 17.7. The van der Waals surface area contributed by atoms with Gasteiger partial charge in [0.2, 0.25) is 0 Å². The largest absolute Gasteiger partial charge is 0.372 e. The maximum Gasteiger partial charge on any atom is 0.274 e. The number of carbonyl (C=O) groups excluding carboxylic acids is 1. The zero-order valence-electron chi connectivity index (χ0n) is 19.9. The quantitative estimate of drug-likeness (QED) is 0.453. The number of nitrogens with one attached hydrogen (secondary N) is 2. The molecule has 3 heterocycles. The monoisotopic (exact) mass is 466 g/mol. The molecule has 0 unspecified atom stereocenters. The Morgan fingerprint density at radius 2 is 1.97 bits per heavy atom.